The van der Waals surface area contributed by atoms with Gasteiger partial charge in [-0.1, -0.05) is 13.8 Å². The van der Waals surface area contributed by atoms with Crippen molar-refractivity contribution in [1.29, 1.82) is 5.26 Å². The molecule has 1 aromatic carbocycles. The third-order valence-corrected chi connectivity index (χ3v) is 3.29. The Hall–Kier alpha value is -1.57. The predicted octanol–water partition coefficient (Wildman–Crippen LogP) is 2.59. The Kier molecular flexibility index (Phi) is 7.21. The van der Waals surface area contributed by atoms with Crippen LogP contribution in [0.1, 0.15) is 25.0 Å². The summed E-state index contributed by atoms with van der Waals surface area (Å²) in [5.74, 6) is 1.46. The Labute approximate surface area is 128 Å². The van der Waals surface area contributed by atoms with Gasteiger partial charge in [-0.2, -0.15) is 5.26 Å². The minimum absolute atomic E-state index is 0.609. The number of methoxy groups -OCH3 is 1. The van der Waals surface area contributed by atoms with E-state index in [1.54, 1.807) is 13.2 Å². The fourth-order valence-corrected chi connectivity index (χ4v) is 2.31. The van der Waals surface area contributed by atoms with E-state index in [2.05, 4.69) is 43.8 Å². The van der Waals surface area contributed by atoms with Crippen LogP contribution in [0.2, 0.25) is 0 Å². The molecule has 0 amide bonds. The Morgan fingerprint density at radius 3 is 2.48 bits per heavy atom. The van der Waals surface area contributed by atoms with Crippen LogP contribution in [0, 0.1) is 17.2 Å². The number of ether oxygens (including phenoxy) is 1. The molecule has 1 rings (SSSR count). The predicted molar refractivity (Wildman–Crippen MR) is 86.4 cm³/mol. The van der Waals surface area contributed by atoms with E-state index in [1.165, 1.54) is 0 Å². The summed E-state index contributed by atoms with van der Waals surface area (Å²) in [4.78, 5) is 4.61. The van der Waals surface area contributed by atoms with Gasteiger partial charge in [-0.15, -0.1) is 0 Å². The maximum absolute atomic E-state index is 9.07. The van der Waals surface area contributed by atoms with Crippen LogP contribution in [-0.4, -0.2) is 50.6 Å². The largest absolute Gasteiger partial charge is 0.496 e. The fraction of sp³-hybridized carbons (Fsp3) is 0.588. The van der Waals surface area contributed by atoms with E-state index in [0.29, 0.717) is 11.5 Å². The first-order chi connectivity index (χ1) is 9.96. The van der Waals surface area contributed by atoms with Crippen molar-refractivity contribution >= 4 is 0 Å². The van der Waals surface area contributed by atoms with Gasteiger partial charge in [0.15, 0.2) is 0 Å². The summed E-state index contributed by atoms with van der Waals surface area (Å²) in [7, 11) is 5.85. The van der Waals surface area contributed by atoms with Crippen molar-refractivity contribution in [2.45, 2.75) is 20.4 Å². The third kappa shape index (κ3) is 6.16. The molecule has 0 aliphatic rings. The average molecular weight is 289 g/mol. The molecule has 0 atom stereocenters. The van der Waals surface area contributed by atoms with E-state index in [9.17, 15) is 0 Å². The normalized spacial score (nSPS) is 11.2. The van der Waals surface area contributed by atoms with Gasteiger partial charge in [0.05, 0.1) is 18.7 Å². The molecule has 0 saturated carbocycles. The number of hydrogen-bond donors (Lipinski definition) is 0. The first-order valence-electron chi connectivity index (χ1n) is 7.40. The zero-order valence-electron chi connectivity index (χ0n) is 13.9. The van der Waals surface area contributed by atoms with E-state index in [-0.39, 0.29) is 0 Å². The second-order valence-corrected chi connectivity index (χ2v) is 6.07. The molecule has 0 bridgehead atoms. The molecule has 0 spiro atoms. The van der Waals surface area contributed by atoms with Crippen molar-refractivity contribution in [1.82, 2.24) is 9.80 Å². The standard InChI is InChI=1S/C17H27N3O/c1-14(2)12-20(9-8-19(3)4)13-16-10-15(11-18)6-7-17(16)21-5/h6-7,10,14H,8-9,12-13H2,1-5H3. The van der Waals surface area contributed by atoms with Gasteiger partial charge < -0.3 is 9.64 Å². The Morgan fingerprint density at radius 2 is 1.95 bits per heavy atom. The minimum atomic E-state index is 0.609. The number of hydrogen-bond acceptors (Lipinski definition) is 4. The SMILES string of the molecule is COc1ccc(C#N)cc1CN(CCN(C)C)CC(C)C. The molecule has 0 heterocycles. The van der Waals surface area contributed by atoms with Crippen LogP contribution in [0.3, 0.4) is 0 Å². The van der Waals surface area contributed by atoms with Crippen LogP contribution in [0.5, 0.6) is 5.75 Å². The van der Waals surface area contributed by atoms with Crippen molar-refractivity contribution in [2.75, 3.05) is 40.8 Å². The van der Waals surface area contributed by atoms with Gasteiger partial charge in [-0.25, -0.2) is 0 Å². The first kappa shape index (κ1) is 17.5. The Morgan fingerprint density at radius 1 is 1.24 bits per heavy atom. The maximum Gasteiger partial charge on any atom is 0.123 e. The van der Waals surface area contributed by atoms with E-state index >= 15 is 0 Å². The Bertz CT molecular complexity index is 477. The van der Waals surface area contributed by atoms with Crippen molar-refractivity contribution < 1.29 is 4.74 Å². The summed E-state index contributed by atoms with van der Waals surface area (Å²) in [6, 6.07) is 7.82. The average Bonchev–Trinajstić information content (AvgIpc) is 2.44. The monoisotopic (exact) mass is 289 g/mol. The lowest BCUT2D eigenvalue weighted by molar-refractivity contribution is 0.209. The number of rotatable bonds is 8. The van der Waals surface area contributed by atoms with Gasteiger partial charge in [0.2, 0.25) is 0 Å². The number of nitriles is 1. The van der Waals surface area contributed by atoms with E-state index in [1.807, 2.05) is 12.1 Å². The van der Waals surface area contributed by atoms with E-state index in [0.717, 1.165) is 37.5 Å². The molecule has 0 unspecified atom stereocenters. The summed E-state index contributed by atoms with van der Waals surface area (Å²) in [6.45, 7) is 8.33. The highest BCUT2D eigenvalue weighted by Crippen LogP contribution is 2.21. The smallest absolute Gasteiger partial charge is 0.123 e. The summed E-state index contributed by atoms with van der Waals surface area (Å²) in [5, 5.41) is 9.07. The van der Waals surface area contributed by atoms with Gasteiger partial charge in [0.25, 0.3) is 0 Å². The summed E-state index contributed by atoms with van der Waals surface area (Å²) in [6.07, 6.45) is 0. The Balaban J connectivity index is 2.88. The van der Waals surface area contributed by atoms with Crippen molar-refractivity contribution in [3.05, 3.63) is 29.3 Å². The van der Waals surface area contributed by atoms with E-state index < -0.39 is 0 Å². The first-order valence-corrected chi connectivity index (χ1v) is 7.40. The highest BCUT2D eigenvalue weighted by molar-refractivity contribution is 5.42. The highest BCUT2D eigenvalue weighted by atomic mass is 16.5. The summed E-state index contributed by atoms with van der Waals surface area (Å²) < 4.78 is 5.43. The lowest BCUT2D eigenvalue weighted by Gasteiger charge is -2.26. The van der Waals surface area contributed by atoms with Crippen LogP contribution in [-0.2, 0) is 6.54 Å². The molecule has 0 saturated heterocycles. The van der Waals surface area contributed by atoms with Gasteiger partial charge in [-0.05, 0) is 38.2 Å². The van der Waals surface area contributed by atoms with Crippen LogP contribution >= 0.6 is 0 Å². The number of nitrogens with zero attached hydrogens (tertiary/aromatic N) is 3. The maximum atomic E-state index is 9.07. The summed E-state index contributed by atoms with van der Waals surface area (Å²) in [5.41, 5.74) is 1.76. The molecule has 0 radical (unpaired) electrons. The number of benzene rings is 1. The molecule has 4 nitrogen and oxygen atoms in total. The highest BCUT2D eigenvalue weighted by Gasteiger charge is 2.12. The van der Waals surface area contributed by atoms with E-state index in [4.69, 9.17) is 10.00 Å². The molecular formula is C17H27N3O. The molecule has 4 heteroatoms. The van der Waals surface area contributed by atoms with Gasteiger partial charge in [0, 0.05) is 31.7 Å². The van der Waals surface area contributed by atoms with Gasteiger partial charge >= 0.3 is 0 Å². The molecule has 0 aliphatic carbocycles. The van der Waals surface area contributed by atoms with Gasteiger partial charge in [-0.3, -0.25) is 4.90 Å². The van der Waals surface area contributed by atoms with Crippen molar-refractivity contribution in [2.24, 2.45) is 5.92 Å². The zero-order chi connectivity index (χ0) is 15.8. The molecule has 0 N–H and O–H groups in total. The molecular weight excluding hydrogens is 262 g/mol. The van der Waals surface area contributed by atoms with Crippen LogP contribution in [0.4, 0.5) is 0 Å². The second-order valence-electron chi connectivity index (χ2n) is 6.07. The molecule has 0 aromatic heterocycles. The fourth-order valence-electron chi connectivity index (χ4n) is 2.31. The minimum Gasteiger partial charge on any atom is -0.496 e. The zero-order valence-corrected chi connectivity index (χ0v) is 13.9. The summed E-state index contributed by atoms with van der Waals surface area (Å²) >= 11 is 0. The topological polar surface area (TPSA) is 39.5 Å². The third-order valence-electron chi connectivity index (χ3n) is 3.29. The molecule has 21 heavy (non-hydrogen) atoms. The van der Waals surface area contributed by atoms with Crippen LogP contribution < -0.4 is 4.74 Å². The molecule has 116 valence electrons. The molecule has 0 fully saturated rings. The lowest BCUT2D eigenvalue weighted by Crippen LogP contribution is -2.34. The number of likely N-dealkylation sites (N-methyl/N-ethyl adjacent to an activating group) is 1. The second kappa shape index (κ2) is 8.66. The molecule has 0 aliphatic heterocycles. The quantitative estimate of drug-likeness (QED) is 0.737. The van der Waals surface area contributed by atoms with Crippen LogP contribution in [0.15, 0.2) is 18.2 Å². The van der Waals surface area contributed by atoms with Crippen LogP contribution in [0.25, 0.3) is 0 Å². The lowest BCUT2D eigenvalue weighted by atomic mass is 10.1. The van der Waals surface area contributed by atoms with Crippen molar-refractivity contribution in [3.63, 3.8) is 0 Å². The van der Waals surface area contributed by atoms with Crippen molar-refractivity contribution in [3.8, 4) is 11.8 Å². The van der Waals surface area contributed by atoms with Gasteiger partial charge in [0.1, 0.15) is 5.75 Å². The molecule has 1 aromatic rings.